The molecule has 1 aliphatic carbocycles. The van der Waals surface area contributed by atoms with Crippen molar-refractivity contribution in [1.82, 2.24) is 5.32 Å². The zero-order chi connectivity index (χ0) is 13.2. The summed E-state index contributed by atoms with van der Waals surface area (Å²) in [5, 5.41) is 3.63. The van der Waals surface area contributed by atoms with Gasteiger partial charge in [0, 0.05) is 9.75 Å². The molecule has 0 saturated carbocycles. The van der Waals surface area contributed by atoms with Gasteiger partial charge in [0.25, 0.3) is 0 Å². The lowest BCUT2D eigenvalue weighted by Crippen LogP contribution is -2.21. The van der Waals surface area contributed by atoms with Gasteiger partial charge in [0.15, 0.2) is 0 Å². The van der Waals surface area contributed by atoms with Crippen LogP contribution in [0.2, 0.25) is 0 Å². The molecule has 1 aromatic carbocycles. The molecule has 100 valence electrons. The summed E-state index contributed by atoms with van der Waals surface area (Å²) >= 11 is 1.90. The molecule has 0 fully saturated rings. The molecule has 1 heterocycles. The number of rotatable bonds is 4. The molecule has 1 nitrogen and oxygen atoms in total. The van der Waals surface area contributed by atoms with Gasteiger partial charge < -0.3 is 5.32 Å². The van der Waals surface area contributed by atoms with Crippen molar-refractivity contribution in [3.63, 3.8) is 0 Å². The van der Waals surface area contributed by atoms with Crippen LogP contribution >= 0.6 is 11.3 Å². The summed E-state index contributed by atoms with van der Waals surface area (Å²) in [7, 11) is 0. The molecular weight excluding hydrogens is 250 g/mol. The smallest absolute Gasteiger partial charge is 0.0671 e. The molecule has 1 atom stereocenters. The van der Waals surface area contributed by atoms with Gasteiger partial charge in [0.1, 0.15) is 0 Å². The van der Waals surface area contributed by atoms with Crippen LogP contribution in [0.5, 0.6) is 0 Å². The zero-order valence-corrected chi connectivity index (χ0v) is 12.5. The SMILES string of the molecule is CCNC(c1ccc2c(c1)CCC2)c1ccc(C)s1. The maximum Gasteiger partial charge on any atom is 0.0671 e. The number of fused-ring (bicyclic) bond motifs is 1. The molecule has 2 aromatic rings. The lowest BCUT2D eigenvalue weighted by Gasteiger charge is -2.18. The number of hydrogen-bond acceptors (Lipinski definition) is 2. The number of hydrogen-bond donors (Lipinski definition) is 1. The molecule has 0 amide bonds. The van der Waals surface area contributed by atoms with E-state index in [0.29, 0.717) is 6.04 Å². The summed E-state index contributed by atoms with van der Waals surface area (Å²) < 4.78 is 0. The fourth-order valence-electron chi connectivity index (χ4n) is 2.97. The Morgan fingerprint density at radius 1 is 1.16 bits per heavy atom. The summed E-state index contributed by atoms with van der Waals surface area (Å²) in [6.45, 7) is 5.36. The number of thiophene rings is 1. The number of aryl methyl sites for hydroxylation is 3. The van der Waals surface area contributed by atoms with Crippen LogP contribution < -0.4 is 5.32 Å². The Morgan fingerprint density at radius 3 is 2.74 bits per heavy atom. The van der Waals surface area contributed by atoms with Crippen molar-refractivity contribution in [1.29, 1.82) is 0 Å². The second-order valence-corrected chi connectivity index (χ2v) is 6.64. The average molecular weight is 271 g/mol. The Kier molecular flexibility index (Phi) is 3.72. The topological polar surface area (TPSA) is 12.0 Å². The van der Waals surface area contributed by atoms with E-state index < -0.39 is 0 Å². The van der Waals surface area contributed by atoms with Gasteiger partial charge in [-0.2, -0.15) is 0 Å². The predicted octanol–water partition coefficient (Wildman–Crippen LogP) is 4.24. The third-order valence-electron chi connectivity index (χ3n) is 3.91. The maximum atomic E-state index is 3.63. The molecule has 19 heavy (non-hydrogen) atoms. The van der Waals surface area contributed by atoms with Gasteiger partial charge in [-0.1, -0.05) is 25.1 Å². The third-order valence-corrected chi connectivity index (χ3v) is 4.98. The van der Waals surface area contributed by atoms with Crippen molar-refractivity contribution in [2.75, 3.05) is 6.54 Å². The fourth-order valence-corrected chi connectivity index (χ4v) is 3.95. The van der Waals surface area contributed by atoms with E-state index in [9.17, 15) is 0 Å². The fraction of sp³-hybridized carbons (Fsp3) is 0.412. The molecule has 0 aliphatic heterocycles. The molecule has 0 bridgehead atoms. The first kappa shape index (κ1) is 12.9. The first-order valence-electron chi connectivity index (χ1n) is 7.19. The van der Waals surface area contributed by atoms with E-state index in [-0.39, 0.29) is 0 Å². The zero-order valence-electron chi connectivity index (χ0n) is 11.7. The lowest BCUT2D eigenvalue weighted by molar-refractivity contribution is 0.639. The summed E-state index contributed by atoms with van der Waals surface area (Å²) in [6, 6.07) is 11.9. The first-order chi connectivity index (χ1) is 9.28. The van der Waals surface area contributed by atoms with E-state index in [1.807, 2.05) is 11.3 Å². The monoisotopic (exact) mass is 271 g/mol. The van der Waals surface area contributed by atoms with E-state index in [1.54, 1.807) is 11.1 Å². The molecule has 1 N–H and O–H groups in total. The predicted molar refractivity (Wildman–Crippen MR) is 83.0 cm³/mol. The largest absolute Gasteiger partial charge is 0.306 e. The molecule has 1 unspecified atom stereocenters. The Labute approximate surface area is 119 Å². The molecular formula is C17H21NS. The summed E-state index contributed by atoms with van der Waals surface area (Å²) in [4.78, 5) is 2.82. The molecule has 0 spiro atoms. The minimum atomic E-state index is 0.356. The van der Waals surface area contributed by atoms with E-state index in [4.69, 9.17) is 0 Å². The summed E-state index contributed by atoms with van der Waals surface area (Å²) in [5.41, 5.74) is 4.54. The van der Waals surface area contributed by atoms with Gasteiger partial charge in [0.05, 0.1) is 6.04 Å². The van der Waals surface area contributed by atoms with Crippen molar-refractivity contribution in [3.05, 3.63) is 56.8 Å². The Bertz CT molecular complexity index is 570. The second-order valence-electron chi connectivity index (χ2n) is 5.32. The highest BCUT2D eigenvalue weighted by molar-refractivity contribution is 7.12. The first-order valence-corrected chi connectivity index (χ1v) is 8.01. The Balaban J connectivity index is 1.95. The Hall–Kier alpha value is -1.12. The van der Waals surface area contributed by atoms with Crippen molar-refractivity contribution in [2.45, 2.75) is 39.2 Å². The maximum absolute atomic E-state index is 3.63. The van der Waals surface area contributed by atoms with Gasteiger partial charge in [-0.25, -0.2) is 0 Å². The van der Waals surface area contributed by atoms with Crippen LogP contribution in [0.15, 0.2) is 30.3 Å². The second kappa shape index (κ2) is 5.48. The lowest BCUT2D eigenvalue weighted by atomic mass is 10.00. The summed E-state index contributed by atoms with van der Waals surface area (Å²) in [6.07, 6.45) is 3.84. The quantitative estimate of drug-likeness (QED) is 0.877. The average Bonchev–Trinajstić information content (AvgIpc) is 3.03. The molecule has 1 aliphatic rings. The van der Waals surface area contributed by atoms with Crippen LogP contribution in [0.25, 0.3) is 0 Å². The van der Waals surface area contributed by atoms with Gasteiger partial charge in [-0.3, -0.25) is 0 Å². The van der Waals surface area contributed by atoms with Crippen molar-refractivity contribution < 1.29 is 0 Å². The minimum Gasteiger partial charge on any atom is -0.306 e. The van der Waals surface area contributed by atoms with Crippen molar-refractivity contribution in [2.24, 2.45) is 0 Å². The normalized spacial score (nSPS) is 15.5. The minimum absolute atomic E-state index is 0.356. The van der Waals surface area contributed by atoms with E-state index in [1.165, 1.54) is 34.6 Å². The van der Waals surface area contributed by atoms with Crippen molar-refractivity contribution in [3.8, 4) is 0 Å². The van der Waals surface area contributed by atoms with Gasteiger partial charge in [-0.15, -0.1) is 11.3 Å². The highest BCUT2D eigenvalue weighted by Gasteiger charge is 2.18. The number of benzene rings is 1. The van der Waals surface area contributed by atoms with Gasteiger partial charge in [-0.05, 0) is 61.6 Å². The van der Waals surface area contributed by atoms with E-state index in [2.05, 4.69) is 49.5 Å². The van der Waals surface area contributed by atoms with E-state index >= 15 is 0 Å². The van der Waals surface area contributed by atoms with Gasteiger partial charge >= 0.3 is 0 Å². The molecule has 2 heteroatoms. The molecule has 3 rings (SSSR count). The molecule has 1 aromatic heterocycles. The van der Waals surface area contributed by atoms with Gasteiger partial charge in [0.2, 0.25) is 0 Å². The van der Waals surface area contributed by atoms with Crippen LogP contribution in [0.3, 0.4) is 0 Å². The highest BCUT2D eigenvalue weighted by Crippen LogP contribution is 2.31. The number of nitrogens with one attached hydrogen (secondary N) is 1. The molecule has 0 saturated heterocycles. The van der Waals surface area contributed by atoms with Crippen LogP contribution in [0.4, 0.5) is 0 Å². The van der Waals surface area contributed by atoms with Crippen LogP contribution in [-0.2, 0) is 12.8 Å². The van der Waals surface area contributed by atoms with E-state index in [0.717, 1.165) is 6.54 Å². The summed E-state index contributed by atoms with van der Waals surface area (Å²) in [5.74, 6) is 0. The van der Waals surface area contributed by atoms with Crippen LogP contribution in [-0.4, -0.2) is 6.54 Å². The molecule has 0 radical (unpaired) electrons. The Morgan fingerprint density at radius 2 is 2.00 bits per heavy atom. The standard InChI is InChI=1S/C17H21NS/c1-3-18-17(16-10-7-12(2)19-16)15-9-8-13-5-4-6-14(13)11-15/h7-11,17-18H,3-6H2,1-2H3. The van der Waals surface area contributed by atoms with Crippen LogP contribution in [0, 0.1) is 6.92 Å². The third kappa shape index (κ3) is 2.60. The van der Waals surface area contributed by atoms with Crippen molar-refractivity contribution >= 4 is 11.3 Å². The van der Waals surface area contributed by atoms with Crippen LogP contribution in [0.1, 0.15) is 45.8 Å². The highest BCUT2D eigenvalue weighted by atomic mass is 32.1.